The highest BCUT2D eigenvalue weighted by Gasteiger charge is 2.34. The number of rotatable bonds is 5. The van der Waals surface area contributed by atoms with Crippen LogP contribution in [-0.2, 0) is 13.0 Å². The number of nitrogens with two attached hydrogens (primary N) is 1. The van der Waals surface area contributed by atoms with Crippen molar-refractivity contribution in [2.75, 3.05) is 11.4 Å². The largest absolute Gasteiger partial charge is 0.368 e. The Kier molecular flexibility index (Phi) is 3.19. The average Bonchev–Trinajstić information content (AvgIpc) is 3.33. The Labute approximate surface area is 126 Å². The fourth-order valence-corrected chi connectivity index (χ4v) is 3.44. The van der Waals surface area contributed by atoms with E-state index < -0.39 is 0 Å². The van der Waals surface area contributed by atoms with Gasteiger partial charge >= 0.3 is 0 Å². The molecule has 2 aliphatic carbocycles. The Morgan fingerprint density at radius 1 is 1.00 bits per heavy atom. The first kappa shape index (κ1) is 12.9. The predicted octanol–water partition coefficient (Wildman–Crippen LogP) is 3.45. The third-order valence-corrected chi connectivity index (χ3v) is 4.87. The molecule has 2 aromatic carbocycles. The first-order chi connectivity index (χ1) is 10.3. The van der Waals surface area contributed by atoms with Crippen LogP contribution in [0.25, 0.3) is 0 Å². The maximum absolute atomic E-state index is 5.70. The van der Waals surface area contributed by atoms with Gasteiger partial charge < -0.3 is 10.6 Å². The summed E-state index contributed by atoms with van der Waals surface area (Å²) in [6.07, 6.45) is 3.92. The van der Waals surface area contributed by atoms with Crippen molar-refractivity contribution in [2.24, 2.45) is 5.73 Å². The molecule has 0 bridgehead atoms. The molecule has 1 fully saturated rings. The number of hydrogen-bond acceptors (Lipinski definition) is 2. The van der Waals surface area contributed by atoms with Crippen LogP contribution >= 0.6 is 0 Å². The normalized spacial score (nSPS) is 19.8. The van der Waals surface area contributed by atoms with Crippen LogP contribution in [0.2, 0.25) is 0 Å². The fraction of sp³-hybridized carbons (Fsp3) is 0.368. The van der Waals surface area contributed by atoms with Crippen molar-refractivity contribution >= 4 is 5.69 Å². The first-order valence-corrected chi connectivity index (χ1v) is 7.98. The fourth-order valence-electron chi connectivity index (χ4n) is 3.44. The highest BCUT2D eigenvalue weighted by molar-refractivity contribution is 5.52. The quantitative estimate of drug-likeness (QED) is 0.907. The maximum atomic E-state index is 5.70. The second-order valence-electron chi connectivity index (χ2n) is 6.35. The molecule has 2 nitrogen and oxygen atoms in total. The highest BCUT2D eigenvalue weighted by Crippen LogP contribution is 2.39. The van der Waals surface area contributed by atoms with E-state index in [9.17, 15) is 0 Å². The van der Waals surface area contributed by atoms with Gasteiger partial charge in [0, 0.05) is 30.7 Å². The van der Waals surface area contributed by atoms with E-state index in [0.29, 0.717) is 12.5 Å². The summed E-state index contributed by atoms with van der Waals surface area (Å²) in [7, 11) is 0. The molecule has 2 aliphatic rings. The van der Waals surface area contributed by atoms with E-state index in [2.05, 4.69) is 53.4 Å². The van der Waals surface area contributed by atoms with Gasteiger partial charge in [-0.05, 0) is 48.1 Å². The third kappa shape index (κ3) is 2.44. The summed E-state index contributed by atoms with van der Waals surface area (Å²) in [5.74, 6) is 0.705. The van der Waals surface area contributed by atoms with Gasteiger partial charge in [0.1, 0.15) is 0 Å². The van der Waals surface area contributed by atoms with Crippen molar-refractivity contribution in [3.63, 3.8) is 0 Å². The van der Waals surface area contributed by atoms with Crippen molar-refractivity contribution in [3.8, 4) is 0 Å². The summed E-state index contributed by atoms with van der Waals surface area (Å²) in [6, 6.07) is 18.5. The predicted molar refractivity (Wildman–Crippen MR) is 87.6 cm³/mol. The van der Waals surface area contributed by atoms with Crippen LogP contribution in [0.3, 0.4) is 0 Å². The van der Waals surface area contributed by atoms with Gasteiger partial charge in [-0.2, -0.15) is 0 Å². The van der Waals surface area contributed by atoms with Crippen LogP contribution in [0.4, 0.5) is 5.69 Å². The number of benzene rings is 2. The van der Waals surface area contributed by atoms with E-state index in [1.165, 1.54) is 36.1 Å². The van der Waals surface area contributed by atoms with E-state index >= 15 is 0 Å². The monoisotopic (exact) mass is 278 g/mol. The summed E-state index contributed by atoms with van der Waals surface area (Å²) in [5.41, 5.74) is 11.4. The minimum absolute atomic E-state index is 0.625. The van der Waals surface area contributed by atoms with Crippen molar-refractivity contribution < 1.29 is 0 Å². The Bertz CT molecular complexity index is 628. The molecule has 0 saturated heterocycles. The molecule has 1 unspecified atom stereocenters. The molecule has 21 heavy (non-hydrogen) atoms. The van der Waals surface area contributed by atoms with Crippen LogP contribution in [0.15, 0.2) is 48.5 Å². The van der Waals surface area contributed by atoms with Crippen molar-refractivity contribution in [2.45, 2.75) is 37.8 Å². The Balaban J connectivity index is 1.53. The third-order valence-electron chi connectivity index (χ3n) is 4.87. The van der Waals surface area contributed by atoms with Gasteiger partial charge in [-0.1, -0.05) is 36.4 Å². The average molecular weight is 278 g/mol. The van der Waals surface area contributed by atoms with Crippen LogP contribution in [0, 0.1) is 0 Å². The first-order valence-electron chi connectivity index (χ1n) is 7.98. The SMILES string of the molecule is NCc1ccc(N(CC2Cc3ccccc32)C2CC2)cc1. The zero-order valence-corrected chi connectivity index (χ0v) is 12.3. The van der Waals surface area contributed by atoms with Gasteiger partial charge in [0.05, 0.1) is 0 Å². The molecule has 0 radical (unpaired) electrons. The Morgan fingerprint density at radius 2 is 1.76 bits per heavy atom. The molecule has 2 N–H and O–H groups in total. The Hall–Kier alpha value is -1.80. The standard InChI is InChI=1S/C19H22N2/c20-12-14-5-7-17(8-6-14)21(18-9-10-18)13-16-11-15-3-1-2-4-19(15)16/h1-8,16,18H,9-13,20H2. The topological polar surface area (TPSA) is 29.3 Å². The van der Waals surface area contributed by atoms with Gasteiger partial charge in [0.25, 0.3) is 0 Å². The minimum atomic E-state index is 0.625. The van der Waals surface area contributed by atoms with Crippen molar-refractivity contribution in [3.05, 3.63) is 65.2 Å². The molecule has 0 aliphatic heterocycles. The molecule has 2 heteroatoms. The second-order valence-corrected chi connectivity index (χ2v) is 6.35. The lowest BCUT2D eigenvalue weighted by molar-refractivity contribution is 0.579. The van der Waals surface area contributed by atoms with Crippen LogP contribution in [-0.4, -0.2) is 12.6 Å². The van der Waals surface area contributed by atoms with Crippen LogP contribution in [0.1, 0.15) is 35.4 Å². The van der Waals surface area contributed by atoms with Gasteiger partial charge in [-0.15, -0.1) is 0 Å². The highest BCUT2D eigenvalue weighted by atomic mass is 15.2. The molecular formula is C19H22N2. The van der Waals surface area contributed by atoms with Gasteiger partial charge in [-0.25, -0.2) is 0 Å². The van der Waals surface area contributed by atoms with Gasteiger partial charge in [0.2, 0.25) is 0 Å². The van der Waals surface area contributed by atoms with Crippen LogP contribution < -0.4 is 10.6 Å². The molecule has 0 spiro atoms. The minimum Gasteiger partial charge on any atom is -0.368 e. The lowest BCUT2D eigenvalue weighted by Crippen LogP contribution is -2.35. The van der Waals surface area contributed by atoms with Gasteiger partial charge in [-0.3, -0.25) is 0 Å². The van der Waals surface area contributed by atoms with E-state index in [-0.39, 0.29) is 0 Å². The van der Waals surface area contributed by atoms with Crippen molar-refractivity contribution in [1.29, 1.82) is 0 Å². The second kappa shape index (κ2) is 5.19. The summed E-state index contributed by atoms with van der Waals surface area (Å²) < 4.78 is 0. The van der Waals surface area contributed by atoms with E-state index in [4.69, 9.17) is 5.73 Å². The zero-order chi connectivity index (χ0) is 14.2. The number of hydrogen-bond donors (Lipinski definition) is 1. The molecule has 2 aromatic rings. The van der Waals surface area contributed by atoms with Crippen molar-refractivity contribution in [1.82, 2.24) is 0 Å². The summed E-state index contributed by atoms with van der Waals surface area (Å²) in [6.45, 7) is 1.78. The Morgan fingerprint density at radius 3 is 2.43 bits per heavy atom. The molecule has 108 valence electrons. The molecule has 1 saturated carbocycles. The smallest absolute Gasteiger partial charge is 0.0369 e. The summed E-state index contributed by atoms with van der Waals surface area (Å²) >= 11 is 0. The lowest BCUT2D eigenvalue weighted by Gasteiger charge is -2.36. The van der Waals surface area contributed by atoms with Gasteiger partial charge in [0.15, 0.2) is 0 Å². The molecular weight excluding hydrogens is 256 g/mol. The number of anilines is 1. The lowest BCUT2D eigenvalue weighted by atomic mass is 9.77. The molecule has 4 rings (SSSR count). The molecule has 0 heterocycles. The number of fused-ring (bicyclic) bond motifs is 1. The van der Waals surface area contributed by atoms with E-state index in [1.54, 1.807) is 5.56 Å². The number of nitrogens with zero attached hydrogens (tertiary/aromatic N) is 1. The molecule has 0 aromatic heterocycles. The van der Waals surface area contributed by atoms with Crippen LogP contribution in [0.5, 0.6) is 0 Å². The zero-order valence-electron chi connectivity index (χ0n) is 12.3. The van der Waals surface area contributed by atoms with E-state index in [1.807, 2.05) is 0 Å². The summed E-state index contributed by atoms with van der Waals surface area (Å²) in [5, 5.41) is 0. The molecule has 1 atom stereocenters. The summed E-state index contributed by atoms with van der Waals surface area (Å²) in [4.78, 5) is 2.61. The maximum Gasteiger partial charge on any atom is 0.0369 e. The van der Waals surface area contributed by atoms with E-state index in [0.717, 1.165) is 12.6 Å². The molecule has 0 amide bonds.